The second-order valence-corrected chi connectivity index (χ2v) is 8.29. The second kappa shape index (κ2) is 7.81. The lowest BCUT2D eigenvalue weighted by Gasteiger charge is -2.41. The molecule has 3 heterocycles. The van der Waals surface area contributed by atoms with Gasteiger partial charge in [0.15, 0.2) is 0 Å². The molecule has 4 rings (SSSR count). The lowest BCUT2D eigenvalue weighted by Crippen LogP contribution is -2.50. The van der Waals surface area contributed by atoms with Crippen LogP contribution in [0.1, 0.15) is 57.2 Å². The van der Waals surface area contributed by atoms with Crippen LogP contribution in [0.15, 0.2) is 6.20 Å². The van der Waals surface area contributed by atoms with E-state index in [9.17, 15) is 10.1 Å². The summed E-state index contributed by atoms with van der Waals surface area (Å²) in [6.45, 7) is 4.95. The number of nitrogens with one attached hydrogen (secondary N) is 2. The first-order valence-corrected chi connectivity index (χ1v) is 10.5. The first-order chi connectivity index (χ1) is 14.0. The number of carbonyl (C=O) groups is 1. The summed E-state index contributed by atoms with van der Waals surface area (Å²) >= 11 is 6.52. The van der Waals surface area contributed by atoms with Gasteiger partial charge in [-0.2, -0.15) is 5.26 Å². The van der Waals surface area contributed by atoms with Crippen molar-refractivity contribution in [3.63, 3.8) is 0 Å². The number of anilines is 1. The molecule has 2 aliphatic rings. The smallest absolute Gasteiger partial charge is 0.303 e. The monoisotopic (exact) mass is 416 g/mol. The molecule has 2 fully saturated rings. The Labute approximate surface area is 174 Å². The Bertz CT molecular complexity index is 972. The topological polar surface area (TPSA) is 104 Å². The molecule has 0 spiro atoms. The van der Waals surface area contributed by atoms with Gasteiger partial charge in [0.1, 0.15) is 17.7 Å². The lowest BCUT2D eigenvalue weighted by atomic mass is 9.64. The number of hydrogen-bond acceptors (Lipinski definition) is 7. The Hall–Kier alpha value is -2.37. The molecule has 0 unspecified atom stereocenters. The number of piperidine rings is 1. The predicted octanol–water partition coefficient (Wildman–Crippen LogP) is 2.79. The van der Waals surface area contributed by atoms with Crippen LogP contribution in [0, 0.1) is 11.3 Å². The number of carbonyl (C=O) groups excluding carboxylic acids is 1. The Kier molecular flexibility index (Phi) is 5.36. The van der Waals surface area contributed by atoms with Gasteiger partial charge in [-0.15, -0.1) is 5.10 Å². The Balaban J connectivity index is 1.72. The highest BCUT2D eigenvalue weighted by atomic mass is 35.5. The van der Waals surface area contributed by atoms with Gasteiger partial charge in [0.2, 0.25) is 5.95 Å². The molecule has 29 heavy (non-hydrogen) atoms. The van der Waals surface area contributed by atoms with Crippen LogP contribution < -0.4 is 10.6 Å². The summed E-state index contributed by atoms with van der Waals surface area (Å²) in [5.74, 6) is 0.124. The summed E-state index contributed by atoms with van der Waals surface area (Å²) in [6, 6.07) is 2.19. The van der Waals surface area contributed by atoms with Gasteiger partial charge in [-0.1, -0.05) is 24.9 Å². The van der Waals surface area contributed by atoms with Crippen LogP contribution in [0.4, 0.5) is 5.95 Å². The Morgan fingerprint density at radius 3 is 2.97 bits per heavy atom. The van der Waals surface area contributed by atoms with Crippen LogP contribution in [-0.2, 0) is 14.9 Å². The van der Waals surface area contributed by atoms with Gasteiger partial charge in [-0.25, -0.2) is 9.50 Å². The minimum Gasteiger partial charge on any atom is -0.459 e. The van der Waals surface area contributed by atoms with Gasteiger partial charge in [-0.3, -0.25) is 4.79 Å². The molecule has 1 aliphatic heterocycles. The summed E-state index contributed by atoms with van der Waals surface area (Å²) in [5.41, 5.74) is 1.97. The lowest BCUT2D eigenvalue weighted by molar-refractivity contribution is -0.147. The maximum Gasteiger partial charge on any atom is 0.303 e. The van der Waals surface area contributed by atoms with Crippen molar-refractivity contribution in [1.29, 1.82) is 5.26 Å². The van der Waals surface area contributed by atoms with E-state index in [-0.39, 0.29) is 23.5 Å². The molecule has 2 atom stereocenters. The summed E-state index contributed by atoms with van der Waals surface area (Å²) in [6.07, 6.45) is 6.26. The van der Waals surface area contributed by atoms with Crippen molar-refractivity contribution < 1.29 is 9.53 Å². The molecule has 0 amide bonds. The molecule has 1 saturated heterocycles. The normalized spacial score (nSPS) is 23.2. The number of ether oxygens (including phenoxy) is 1. The molecule has 8 nitrogen and oxygen atoms in total. The average Bonchev–Trinajstić information content (AvgIpc) is 2.94. The van der Waals surface area contributed by atoms with E-state index in [1.54, 1.807) is 10.7 Å². The number of nitriles is 1. The fraction of sp³-hybridized carbons (Fsp3) is 0.600. The molecule has 1 aliphatic carbocycles. The molecular weight excluding hydrogens is 392 g/mol. The quantitative estimate of drug-likeness (QED) is 0.722. The van der Waals surface area contributed by atoms with Gasteiger partial charge >= 0.3 is 5.97 Å². The molecule has 2 aromatic heterocycles. The van der Waals surface area contributed by atoms with Gasteiger partial charge in [-0.05, 0) is 32.2 Å². The van der Waals surface area contributed by atoms with Crippen LogP contribution in [-0.4, -0.2) is 45.8 Å². The maximum atomic E-state index is 11.4. The number of rotatable bonds is 5. The van der Waals surface area contributed by atoms with Crippen molar-refractivity contribution in [2.75, 3.05) is 18.4 Å². The number of fused-ring (bicyclic) bond motifs is 1. The van der Waals surface area contributed by atoms with Crippen molar-refractivity contribution in [2.24, 2.45) is 0 Å². The minimum absolute atomic E-state index is 0.0677. The van der Waals surface area contributed by atoms with Crippen molar-refractivity contribution in [1.82, 2.24) is 19.9 Å². The molecular formula is C20H25ClN6O2. The molecule has 0 aromatic carbocycles. The molecule has 2 aromatic rings. The fourth-order valence-electron chi connectivity index (χ4n) is 4.53. The minimum atomic E-state index is -0.310. The summed E-state index contributed by atoms with van der Waals surface area (Å²) in [4.78, 5) is 15.8. The van der Waals surface area contributed by atoms with Crippen LogP contribution in [0.25, 0.3) is 5.52 Å². The molecule has 2 N–H and O–H groups in total. The SMILES string of the molecule is CCC1(c2c(C#N)c(Cl)c3cnc(N[C@@H]4CCNC[C@H]4OC(C)=O)nn23)CCC1. The Morgan fingerprint density at radius 2 is 2.34 bits per heavy atom. The third-order valence-electron chi connectivity index (χ3n) is 6.28. The molecule has 9 heteroatoms. The molecule has 1 saturated carbocycles. The van der Waals surface area contributed by atoms with Crippen LogP contribution >= 0.6 is 11.6 Å². The predicted molar refractivity (Wildman–Crippen MR) is 109 cm³/mol. The van der Waals surface area contributed by atoms with E-state index in [2.05, 4.69) is 28.6 Å². The number of halogens is 1. The molecule has 0 bridgehead atoms. The van der Waals surface area contributed by atoms with Gasteiger partial charge < -0.3 is 15.4 Å². The number of esters is 1. The van der Waals surface area contributed by atoms with Crippen molar-refractivity contribution >= 4 is 29.0 Å². The summed E-state index contributed by atoms with van der Waals surface area (Å²) < 4.78 is 7.23. The van der Waals surface area contributed by atoms with E-state index in [0.29, 0.717) is 28.6 Å². The zero-order chi connectivity index (χ0) is 20.6. The highest BCUT2D eigenvalue weighted by molar-refractivity contribution is 6.35. The average molecular weight is 417 g/mol. The maximum absolute atomic E-state index is 11.4. The van der Waals surface area contributed by atoms with Crippen molar-refractivity contribution in [2.45, 2.75) is 63.5 Å². The highest BCUT2D eigenvalue weighted by Crippen LogP contribution is 2.49. The summed E-state index contributed by atoms with van der Waals surface area (Å²) in [5, 5.41) is 21.4. The van der Waals surface area contributed by atoms with E-state index in [1.165, 1.54) is 6.92 Å². The zero-order valence-corrected chi connectivity index (χ0v) is 17.4. The van der Waals surface area contributed by atoms with Crippen molar-refractivity contribution in [3.05, 3.63) is 22.5 Å². The standard InChI is InChI=1S/C20H25ClN6O2/c1-3-20(6-4-7-20)18-13(9-22)17(21)15-10-24-19(26-27(15)18)25-14-5-8-23-11-16(14)29-12(2)28/h10,14,16,23H,3-8,11H2,1-2H3,(H,25,26)/t14-,16-/m1/s1. The molecule has 154 valence electrons. The third-order valence-corrected chi connectivity index (χ3v) is 6.67. The number of nitrogens with zero attached hydrogens (tertiary/aromatic N) is 4. The van der Waals surface area contributed by atoms with E-state index in [1.807, 2.05) is 0 Å². The first-order valence-electron chi connectivity index (χ1n) is 10.1. The van der Waals surface area contributed by atoms with E-state index in [0.717, 1.165) is 44.3 Å². The van der Waals surface area contributed by atoms with Crippen LogP contribution in [0.5, 0.6) is 0 Å². The molecule has 0 radical (unpaired) electrons. The fourth-order valence-corrected chi connectivity index (χ4v) is 4.79. The zero-order valence-electron chi connectivity index (χ0n) is 16.7. The van der Waals surface area contributed by atoms with E-state index < -0.39 is 0 Å². The number of hydrogen-bond donors (Lipinski definition) is 2. The third kappa shape index (κ3) is 3.43. The van der Waals surface area contributed by atoms with Gasteiger partial charge in [0, 0.05) is 18.9 Å². The van der Waals surface area contributed by atoms with Gasteiger partial charge in [0.25, 0.3) is 0 Å². The van der Waals surface area contributed by atoms with Crippen molar-refractivity contribution in [3.8, 4) is 6.07 Å². The van der Waals surface area contributed by atoms with E-state index in [4.69, 9.17) is 21.4 Å². The van der Waals surface area contributed by atoms with E-state index >= 15 is 0 Å². The first kappa shape index (κ1) is 19.9. The second-order valence-electron chi connectivity index (χ2n) is 7.91. The highest BCUT2D eigenvalue weighted by Gasteiger charge is 2.42. The summed E-state index contributed by atoms with van der Waals surface area (Å²) in [7, 11) is 0. The largest absolute Gasteiger partial charge is 0.459 e. The van der Waals surface area contributed by atoms with Gasteiger partial charge in [0.05, 0.1) is 28.5 Å². The Morgan fingerprint density at radius 1 is 1.55 bits per heavy atom. The van der Waals surface area contributed by atoms with Crippen LogP contribution in [0.3, 0.4) is 0 Å². The van der Waals surface area contributed by atoms with Crippen LogP contribution in [0.2, 0.25) is 5.02 Å². The number of aromatic nitrogens is 3.